The molecule has 100 valence electrons. The van der Waals surface area contributed by atoms with Gasteiger partial charge in [0.15, 0.2) is 23.3 Å². The Balaban J connectivity index is 2.37. The molecule has 1 aromatic carbocycles. The fraction of sp³-hybridized carbons (Fsp3) is 0.0833. The first-order chi connectivity index (χ1) is 8.99. The van der Waals surface area contributed by atoms with E-state index < -0.39 is 17.5 Å². The van der Waals surface area contributed by atoms with Crippen LogP contribution in [0.25, 0.3) is 0 Å². The maximum absolute atomic E-state index is 13.5. The van der Waals surface area contributed by atoms with Crippen LogP contribution in [-0.4, -0.2) is 4.98 Å². The smallest absolute Gasteiger partial charge is 0.178 e. The normalized spacial score (nSPS) is 10.4. The summed E-state index contributed by atoms with van der Waals surface area (Å²) < 4.78 is 39.9. The van der Waals surface area contributed by atoms with Crippen molar-refractivity contribution in [1.29, 1.82) is 0 Å². The van der Waals surface area contributed by atoms with Crippen molar-refractivity contribution >= 4 is 17.3 Å². The van der Waals surface area contributed by atoms with Crippen molar-refractivity contribution in [2.24, 2.45) is 5.84 Å². The van der Waals surface area contributed by atoms with Gasteiger partial charge in [-0.1, -0.05) is 0 Å². The first kappa shape index (κ1) is 13.2. The third kappa shape index (κ3) is 2.94. The summed E-state index contributed by atoms with van der Waals surface area (Å²) in [6.45, 7) is 1.69. The first-order valence-electron chi connectivity index (χ1n) is 5.36. The third-order valence-electron chi connectivity index (χ3n) is 2.37. The van der Waals surface area contributed by atoms with E-state index >= 15 is 0 Å². The zero-order valence-electron chi connectivity index (χ0n) is 9.97. The van der Waals surface area contributed by atoms with Crippen LogP contribution >= 0.6 is 0 Å². The number of rotatable bonds is 3. The van der Waals surface area contributed by atoms with E-state index in [-0.39, 0.29) is 11.6 Å². The van der Waals surface area contributed by atoms with Crippen LogP contribution in [0.4, 0.5) is 30.5 Å². The van der Waals surface area contributed by atoms with Gasteiger partial charge in [0.1, 0.15) is 5.82 Å². The Morgan fingerprint density at radius 2 is 1.68 bits per heavy atom. The molecule has 4 nitrogen and oxygen atoms in total. The van der Waals surface area contributed by atoms with E-state index in [0.717, 1.165) is 0 Å². The highest BCUT2D eigenvalue weighted by Crippen LogP contribution is 2.23. The van der Waals surface area contributed by atoms with E-state index in [1.165, 1.54) is 12.1 Å². The van der Waals surface area contributed by atoms with Crippen LogP contribution in [0.1, 0.15) is 5.56 Å². The minimum Gasteiger partial charge on any atom is -0.338 e. The van der Waals surface area contributed by atoms with Gasteiger partial charge in [0.25, 0.3) is 0 Å². The Kier molecular flexibility index (Phi) is 3.57. The van der Waals surface area contributed by atoms with Crippen molar-refractivity contribution < 1.29 is 13.2 Å². The highest BCUT2D eigenvalue weighted by molar-refractivity contribution is 5.59. The molecule has 0 spiro atoms. The van der Waals surface area contributed by atoms with Gasteiger partial charge >= 0.3 is 0 Å². The molecule has 0 bridgehead atoms. The predicted octanol–water partition coefficient (Wildman–Crippen LogP) is 2.84. The Morgan fingerprint density at radius 3 is 2.32 bits per heavy atom. The van der Waals surface area contributed by atoms with Gasteiger partial charge in [-0.2, -0.15) is 0 Å². The van der Waals surface area contributed by atoms with Crippen LogP contribution in [0.2, 0.25) is 0 Å². The predicted molar refractivity (Wildman–Crippen MR) is 66.4 cm³/mol. The summed E-state index contributed by atoms with van der Waals surface area (Å²) in [6, 6.07) is 4.74. The molecule has 0 fully saturated rings. The molecule has 1 heterocycles. The number of anilines is 3. The summed E-state index contributed by atoms with van der Waals surface area (Å²) in [5.41, 5.74) is 2.96. The van der Waals surface area contributed by atoms with Gasteiger partial charge in [0.05, 0.1) is 0 Å². The van der Waals surface area contributed by atoms with Crippen LogP contribution in [0.5, 0.6) is 0 Å². The SMILES string of the molecule is Cc1cc(F)cc(Nc2nc(NN)c(F)cc2F)c1. The highest BCUT2D eigenvalue weighted by atomic mass is 19.1. The van der Waals surface area contributed by atoms with Gasteiger partial charge in [-0.15, -0.1) is 0 Å². The molecule has 7 heteroatoms. The van der Waals surface area contributed by atoms with Crippen LogP contribution in [-0.2, 0) is 0 Å². The topological polar surface area (TPSA) is 63.0 Å². The van der Waals surface area contributed by atoms with Gasteiger partial charge in [-0.05, 0) is 30.7 Å². The molecule has 0 aliphatic heterocycles. The number of nitrogens with zero attached hydrogens (tertiary/aromatic N) is 1. The average Bonchev–Trinajstić information content (AvgIpc) is 2.31. The molecule has 1 aromatic heterocycles. The molecule has 0 atom stereocenters. The number of nitrogen functional groups attached to an aromatic ring is 1. The van der Waals surface area contributed by atoms with Gasteiger partial charge in [0.2, 0.25) is 0 Å². The maximum Gasteiger partial charge on any atom is 0.178 e. The molecule has 0 amide bonds. The molecule has 2 rings (SSSR count). The van der Waals surface area contributed by atoms with Crippen LogP contribution < -0.4 is 16.6 Å². The van der Waals surface area contributed by atoms with E-state index in [1.807, 2.05) is 5.43 Å². The number of hydrazine groups is 1. The molecule has 0 saturated carbocycles. The molecule has 0 saturated heterocycles. The summed E-state index contributed by atoms with van der Waals surface area (Å²) in [5.74, 6) is 2.20. The van der Waals surface area contributed by atoms with Crippen molar-refractivity contribution in [2.45, 2.75) is 6.92 Å². The number of nitrogens with two attached hydrogens (primary N) is 1. The Bertz CT molecular complexity index is 596. The number of hydrogen-bond donors (Lipinski definition) is 3. The summed E-state index contributed by atoms with van der Waals surface area (Å²) in [5, 5.41) is 2.57. The largest absolute Gasteiger partial charge is 0.338 e. The quantitative estimate of drug-likeness (QED) is 0.591. The van der Waals surface area contributed by atoms with Crippen molar-refractivity contribution in [3.63, 3.8) is 0 Å². The van der Waals surface area contributed by atoms with Crippen LogP contribution in [0.3, 0.4) is 0 Å². The molecular formula is C12H11F3N4. The second-order valence-corrected chi connectivity index (χ2v) is 3.94. The van der Waals surface area contributed by atoms with Gasteiger partial charge < -0.3 is 10.7 Å². The lowest BCUT2D eigenvalue weighted by Gasteiger charge is -2.10. The second kappa shape index (κ2) is 5.15. The third-order valence-corrected chi connectivity index (χ3v) is 2.37. The zero-order chi connectivity index (χ0) is 14.0. The Morgan fingerprint density at radius 1 is 1.00 bits per heavy atom. The second-order valence-electron chi connectivity index (χ2n) is 3.94. The lowest BCUT2D eigenvalue weighted by Crippen LogP contribution is -2.12. The lowest BCUT2D eigenvalue weighted by atomic mass is 10.2. The standard InChI is InChI=1S/C12H11F3N4/c1-6-2-7(13)4-8(3-6)17-11-9(14)5-10(15)12(18-11)19-16/h2-5H,16H2,1H3,(H2,17,18,19). The fourth-order valence-corrected chi connectivity index (χ4v) is 1.60. The van der Waals surface area contributed by atoms with Gasteiger partial charge in [-0.3, -0.25) is 0 Å². The van der Waals surface area contributed by atoms with Crippen molar-refractivity contribution in [3.05, 3.63) is 47.3 Å². The summed E-state index contributed by atoms with van der Waals surface area (Å²) in [4.78, 5) is 3.63. The summed E-state index contributed by atoms with van der Waals surface area (Å²) >= 11 is 0. The molecule has 0 radical (unpaired) electrons. The number of benzene rings is 1. The minimum absolute atomic E-state index is 0.251. The van der Waals surface area contributed by atoms with Crippen molar-refractivity contribution in [2.75, 3.05) is 10.7 Å². The molecule has 4 N–H and O–H groups in total. The number of hydrogen-bond acceptors (Lipinski definition) is 4. The molecule has 0 aliphatic rings. The van der Waals surface area contributed by atoms with E-state index in [2.05, 4.69) is 10.3 Å². The first-order valence-corrected chi connectivity index (χ1v) is 5.36. The molecular weight excluding hydrogens is 257 g/mol. The number of aryl methyl sites for hydroxylation is 1. The number of aromatic nitrogens is 1. The summed E-state index contributed by atoms with van der Waals surface area (Å²) in [7, 11) is 0. The Labute approximate surface area is 107 Å². The fourth-order valence-electron chi connectivity index (χ4n) is 1.60. The van der Waals surface area contributed by atoms with E-state index in [1.54, 1.807) is 13.0 Å². The van der Waals surface area contributed by atoms with Crippen LogP contribution in [0, 0.1) is 24.4 Å². The van der Waals surface area contributed by atoms with Gasteiger partial charge in [0, 0.05) is 11.8 Å². The molecule has 2 aromatic rings. The Hall–Kier alpha value is -2.28. The van der Waals surface area contributed by atoms with E-state index in [0.29, 0.717) is 17.3 Å². The average molecular weight is 268 g/mol. The van der Waals surface area contributed by atoms with E-state index in [9.17, 15) is 13.2 Å². The zero-order valence-corrected chi connectivity index (χ0v) is 9.97. The number of pyridine rings is 1. The lowest BCUT2D eigenvalue weighted by molar-refractivity contribution is 0.579. The molecule has 19 heavy (non-hydrogen) atoms. The monoisotopic (exact) mass is 268 g/mol. The van der Waals surface area contributed by atoms with E-state index in [4.69, 9.17) is 5.84 Å². The molecule has 0 aliphatic carbocycles. The van der Waals surface area contributed by atoms with Crippen LogP contribution in [0.15, 0.2) is 24.3 Å². The van der Waals surface area contributed by atoms with Crippen molar-refractivity contribution in [3.8, 4) is 0 Å². The summed E-state index contributed by atoms with van der Waals surface area (Å²) in [6.07, 6.45) is 0. The molecule has 0 unspecified atom stereocenters. The van der Waals surface area contributed by atoms with Crippen molar-refractivity contribution in [1.82, 2.24) is 4.98 Å². The van der Waals surface area contributed by atoms with Gasteiger partial charge in [-0.25, -0.2) is 24.0 Å². The number of nitrogens with one attached hydrogen (secondary N) is 2. The minimum atomic E-state index is -0.916. The number of halogens is 3. The highest BCUT2D eigenvalue weighted by Gasteiger charge is 2.11. The maximum atomic E-state index is 13.5.